The van der Waals surface area contributed by atoms with E-state index >= 15 is 0 Å². The molecule has 0 radical (unpaired) electrons. The van der Waals surface area contributed by atoms with Gasteiger partial charge in [0.1, 0.15) is 12.4 Å². The zero-order chi connectivity index (χ0) is 20.8. The van der Waals surface area contributed by atoms with Gasteiger partial charge in [-0.05, 0) is 25.0 Å². The predicted molar refractivity (Wildman–Crippen MR) is 96.5 cm³/mol. The average Bonchev–Trinajstić information content (AvgIpc) is 3.35. The van der Waals surface area contributed by atoms with Gasteiger partial charge in [-0.3, -0.25) is 9.36 Å². The fraction of sp³-hybridized carbons (Fsp3) is 0.353. The molecule has 1 unspecified atom stereocenters. The number of nitrogens with zero attached hydrogens (tertiary/aromatic N) is 4. The third-order valence-electron chi connectivity index (χ3n) is 4.79. The lowest BCUT2D eigenvalue weighted by Crippen LogP contribution is -2.38. The number of hydrogen-bond acceptors (Lipinski definition) is 5. The van der Waals surface area contributed by atoms with Crippen LogP contribution in [0.5, 0.6) is 0 Å². The molecule has 1 fully saturated rings. The van der Waals surface area contributed by atoms with E-state index in [0.717, 1.165) is 10.5 Å². The zero-order valence-electron chi connectivity index (χ0n) is 14.9. The minimum atomic E-state index is -4.67. The van der Waals surface area contributed by atoms with Crippen molar-refractivity contribution < 1.29 is 21.6 Å². The van der Waals surface area contributed by atoms with E-state index < -0.39 is 34.3 Å². The van der Waals surface area contributed by atoms with Crippen molar-refractivity contribution >= 4 is 20.9 Å². The molecule has 0 spiro atoms. The molecule has 0 aliphatic carbocycles. The maximum Gasteiger partial charge on any atom is 0.406 e. The summed E-state index contributed by atoms with van der Waals surface area (Å²) in [4.78, 5) is 23.3. The fourth-order valence-electron chi connectivity index (χ4n) is 3.57. The highest BCUT2D eigenvalue weighted by Crippen LogP contribution is 2.36. The van der Waals surface area contributed by atoms with E-state index in [1.54, 1.807) is 6.07 Å². The normalized spacial score (nSPS) is 18.5. The van der Waals surface area contributed by atoms with Crippen molar-refractivity contribution in [3.05, 3.63) is 53.0 Å². The number of para-hydroxylation sites is 1. The van der Waals surface area contributed by atoms with Crippen molar-refractivity contribution in [1.82, 2.24) is 23.8 Å². The van der Waals surface area contributed by atoms with Gasteiger partial charge in [0.25, 0.3) is 15.6 Å². The Kier molecular flexibility index (Phi) is 4.69. The molecule has 0 amide bonds. The van der Waals surface area contributed by atoms with E-state index in [1.165, 1.54) is 24.5 Å². The van der Waals surface area contributed by atoms with Crippen LogP contribution in [0.2, 0.25) is 0 Å². The van der Waals surface area contributed by atoms with Crippen LogP contribution in [0.25, 0.3) is 10.9 Å². The average molecular weight is 427 g/mol. The Bertz CT molecular complexity index is 1210. The number of H-pyrrole nitrogens is 1. The molecule has 2 aromatic heterocycles. The van der Waals surface area contributed by atoms with Gasteiger partial charge in [-0.2, -0.15) is 17.5 Å². The number of halogens is 3. The lowest BCUT2D eigenvalue weighted by Gasteiger charge is -2.26. The first-order valence-corrected chi connectivity index (χ1v) is 10.2. The second kappa shape index (κ2) is 6.95. The molecule has 1 aliphatic rings. The molecule has 12 heteroatoms. The van der Waals surface area contributed by atoms with E-state index in [0.29, 0.717) is 11.0 Å². The monoisotopic (exact) mass is 427 g/mol. The fourth-order valence-corrected chi connectivity index (χ4v) is 5.12. The molecule has 0 saturated carbocycles. The second-order valence-electron chi connectivity index (χ2n) is 6.68. The largest absolute Gasteiger partial charge is 0.406 e. The van der Waals surface area contributed by atoms with Crippen molar-refractivity contribution in [2.45, 2.75) is 36.6 Å². The molecule has 154 valence electrons. The molecule has 1 N–H and O–H groups in total. The summed E-state index contributed by atoms with van der Waals surface area (Å²) in [6, 6.07) is 5.06. The Balaban J connectivity index is 1.90. The van der Waals surface area contributed by atoms with Crippen LogP contribution >= 0.6 is 0 Å². The molecule has 8 nitrogen and oxygen atoms in total. The molecule has 1 aromatic carbocycles. The summed E-state index contributed by atoms with van der Waals surface area (Å²) in [6.45, 7) is -1.45. The summed E-state index contributed by atoms with van der Waals surface area (Å²) in [5, 5.41) is -0.128. The number of benzene rings is 1. The van der Waals surface area contributed by atoms with Gasteiger partial charge >= 0.3 is 6.18 Å². The molecule has 1 saturated heterocycles. The van der Waals surface area contributed by atoms with Crippen LogP contribution in [0.15, 0.2) is 46.6 Å². The summed E-state index contributed by atoms with van der Waals surface area (Å²) in [5.41, 5.74) is -0.634. The van der Waals surface area contributed by atoms with E-state index in [4.69, 9.17) is 0 Å². The SMILES string of the molecule is O=c1c2ccccc2nc(C2CCCN2S(=O)(=O)c2cnc[nH]2)n1CC(F)(F)F. The molecular weight excluding hydrogens is 411 g/mol. The van der Waals surface area contributed by atoms with E-state index in [1.807, 2.05) is 0 Å². The molecule has 4 rings (SSSR count). The van der Waals surface area contributed by atoms with Crippen molar-refractivity contribution in [2.75, 3.05) is 6.54 Å². The number of hydrogen-bond donors (Lipinski definition) is 1. The van der Waals surface area contributed by atoms with Crippen LogP contribution in [0.1, 0.15) is 24.7 Å². The number of aromatic nitrogens is 4. The first-order chi connectivity index (χ1) is 13.7. The maximum atomic E-state index is 13.2. The first kappa shape index (κ1) is 19.6. The molecule has 3 aromatic rings. The number of fused-ring (bicyclic) bond motifs is 1. The van der Waals surface area contributed by atoms with Gasteiger partial charge in [0.15, 0.2) is 5.03 Å². The Morgan fingerprint density at radius 3 is 2.69 bits per heavy atom. The summed E-state index contributed by atoms with van der Waals surface area (Å²) >= 11 is 0. The third kappa shape index (κ3) is 3.53. The highest BCUT2D eigenvalue weighted by molar-refractivity contribution is 7.89. The minimum Gasteiger partial charge on any atom is -0.335 e. The smallest absolute Gasteiger partial charge is 0.335 e. The van der Waals surface area contributed by atoms with Crippen molar-refractivity contribution in [3.8, 4) is 0 Å². The third-order valence-corrected chi connectivity index (χ3v) is 6.62. The number of imidazole rings is 1. The number of sulfonamides is 1. The molecule has 1 atom stereocenters. The zero-order valence-corrected chi connectivity index (χ0v) is 15.7. The lowest BCUT2D eigenvalue weighted by molar-refractivity contribution is -0.141. The molecular formula is C17H16F3N5O3S. The van der Waals surface area contributed by atoms with Crippen molar-refractivity contribution in [3.63, 3.8) is 0 Å². The van der Waals surface area contributed by atoms with Gasteiger partial charge in [0, 0.05) is 6.54 Å². The molecule has 3 heterocycles. The first-order valence-electron chi connectivity index (χ1n) is 8.75. The van der Waals surface area contributed by atoms with Crippen molar-refractivity contribution in [2.24, 2.45) is 0 Å². The maximum absolute atomic E-state index is 13.2. The van der Waals surface area contributed by atoms with Gasteiger partial charge in [0.2, 0.25) is 0 Å². The number of alkyl halides is 3. The van der Waals surface area contributed by atoms with Gasteiger partial charge in [0.05, 0.1) is 29.5 Å². The lowest BCUT2D eigenvalue weighted by atomic mass is 10.2. The summed E-state index contributed by atoms with van der Waals surface area (Å²) in [5.74, 6) is -0.216. The highest BCUT2D eigenvalue weighted by atomic mass is 32.2. The van der Waals surface area contributed by atoms with E-state index in [-0.39, 0.29) is 34.7 Å². The second-order valence-corrected chi connectivity index (χ2v) is 8.54. The van der Waals surface area contributed by atoms with Gasteiger partial charge in [-0.1, -0.05) is 12.1 Å². The van der Waals surface area contributed by atoms with Crippen LogP contribution in [0.3, 0.4) is 0 Å². The van der Waals surface area contributed by atoms with Gasteiger partial charge in [-0.15, -0.1) is 0 Å². The van der Waals surface area contributed by atoms with Crippen LogP contribution in [0.4, 0.5) is 13.2 Å². The summed E-state index contributed by atoms with van der Waals surface area (Å²) in [6.07, 6.45) is -1.68. The Labute approximate surface area is 163 Å². The van der Waals surface area contributed by atoms with Crippen LogP contribution in [-0.2, 0) is 16.6 Å². The predicted octanol–water partition coefficient (Wildman–Crippen LogP) is 2.21. The van der Waals surface area contributed by atoms with Crippen LogP contribution < -0.4 is 5.56 Å². The summed E-state index contributed by atoms with van der Waals surface area (Å²) in [7, 11) is -4.04. The number of nitrogens with one attached hydrogen (secondary N) is 1. The molecule has 1 aliphatic heterocycles. The van der Waals surface area contributed by atoms with E-state index in [9.17, 15) is 26.4 Å². The minimum absolute atomic E-state index is 0.0430. The van der Waals surface area contributed by atoms with Crippen LogP contribution in [-0.4, -0.2) is 45.0 Å². The summed E-state index contributed by atoms with van der Waals surface area (Å²) < 4.78 is 67.1. The Morgan fingerprint density at radius 2 is 2.00 bits per heavy atom. The van der Waals surface area contributed by atoms with E-state index in [2.05, 4.69) is 15.0 Å². The van der Waals surface area contributed by atoms with Crippen LogP contribution in [0, 0.1) is 0 Å². The van der Waals surface area contributed by atoms with Gasteiger partial charge < -0.3 is 4.98 Å². The molecule has 0 bridgehead atoms. The standard InChI is InChI=1S/C17H16F3N5O3S/c18-17(19,20)9-24-15(23-12-5-2-1-4-11(12)16(24)26)13-6-3-7-25(13)29(27,28)14-8-21-10-22-14/h1-2,4-5,8,10,13H,3,6-7,9H2,(H,21,22). The molecule has 29 heavy (non-hydrogen) atoms. The van der Waals surface area contributed by atoms with Crippen molar-refractivity contribution in [1.29, 1.82) is 0 Å². The highest BCUT2D eigenvalue weighted by Gasteiger charge is 2.41. The number of rotatable bonds is 4. The Morgan fingerprint density at radius 1 is 1.24 bits per heavy atom. The topological polar surface area (TPSA) is 101 Å². The number of aromatic amines is 1. The Hall–Kier alpha value is -2.73. The quantitative estimate of drug-likeness (QED) is 0.688. The van der Waals surface area contributed by atoms with Gasteiger partial charge in [-0.25, -0.2) is 18.4 Å².